The number of aromatic nitrogens is 2. The first-order valence-corrected chi connectivity index (χ1v) is 6.90. The second-order valence-electron chi connectivity index (χ2n) is 5.42. The van der Waals surface area contributed by atoms with Crippen LogP contribution in [0.4, 0.5) is 4.79 Å². The van der Waals surface area contributed by atoms with Gasteiger partial charge >= 0.3 is 6.03 Å². The van der Waals surface area contributed by atoms with E-state index < -0.39 is 23.6 Å². The van der Waals surface area contributed by atoms with Crippen LogP contribution in [0.3, 0.4) is 0 Å². The number of imide groups is 1. The lowest BCUT2D eigenvalue weighted by Crippen LogP contribution is -2.72. The van der Waals surface area contributed by atoms with Crippen molar-refractivity contribution in [1.82, 2.24) is 25.1 Å². The highest BCUT2D eigenvalue weighted by Crippen LogP contribution is 2.28. The van der Waals surface area contributed by atoms with Gasteiger partial charge in [0.25, 0.3) is 0 Å². The molecule has 1 aromatic rings. The number of nitrogens with zero attached hydrogens (tertiary/aromatic N) is 3. The number of fused-ring (bicyclic) bond motifs is 1. The van der Waals surface area contributed by atoms with Crippen LogP contribution in [0.5, 0.6) is 0 Å². The number of hydrogen-bond donors (Lipinski definition) is 2. The molecule has 2 N–H and O–H groups in total. The van der Waals surface area contributed by atoms with Gasteiger partial charge in [-0.2, -0.15) is 0 Å². The second-order valence-corrected chi connectivity index (χ2v) is 5.42. The van der Waals surface area contributed by atoms with E-state index in [1.54, 1.807) is 12.4 Å². The quantitative estimate of drug-likeness (QED) is 0.781. The monoisotopic (exact) mass is 291 g/mol. The molecule has 2 fully saturated rings. The number of rotatable bonds is 2. The standard InChI is InChI=1S/C13H17N5O3/c1-3-13(18-5-4-14-8(18)2)7-17-9(11(20)16-13)6-10(19)15-12(17)21/h4-5,9H,3,6-7H2,1-2H3,(H,16,20)(H,15,19,21). The Kier molecular flexibility index (Phi) is 2.96. The SMILES string of the molecule is CCC1(n2ccnc2C)CN2C(=O)NC(=O)CC2C(=O)N1. The number of carbonyl (C=O) groups excluding carboxylic acids is 3. The summed E-state index contributed by atoms with van der Waals surface area (Å²) in [5, 5.41) is 5.24. The third-order valence-electron chi connectivity index (χ3n) is 4.22. The summed E-state index contributed by atoms with van der Waals surface area (Å²) in [5.74, 6) is 0.0303. The zero-order chi connectivity index (χ0) is 15.2. The molecule has 2 saturated heterocycles. The van der Waals surface area contributed by atoms with Crippen molar-refractivity contribution in [2.24, 2.45) is 0 Å². The van der Waals surface area contributed by atoms with Crippen LogP contribution in [0.25, 0.3) is 0 Å². The van der Waals surface area contributed by atoms with Gasteiger partial charge in [0.2, 0.25) is 11.8 Å². The van der Waals surface area contributed by atoms with Gasteiger partial charge in [-0.1, -0.05) is 6.92 Å². The third kappa shape index (κ3) is 1.98. The van der Waals surface area contributed by atoms with Crippen LogP contribution in [0.1, 0.15) is 25.6 Å². The summed E-state index contributed by atoms with van der Waals surface area (Å²) in [7, 11) is 0. The first-order chi connectivity index (χ1) is 9.97. The molecule has 0 saturated carbocycles. The van der Waals surface area contributed by atoms with Crippen LogP contribution >= 0.6 is 0 Å². The molecule has 4 amide bonds. The molecule has 3 heterocycles. The number of nitrogens with one attached hydrogen (secondary N) is 2. The Morgan fingerprint density at radius 3 is 2.81 bits per heavy atom. The Labute approximate surface area is 121 Å². The molecule has 112 valence electrons. The van der Waals surface area contributed by atoms with Crippen molar-refractivity contribution in [2.75, 3.05) is 6.54 Å². The van der Waals surface area contributed by atoms with E-state index in [0.717, 1.165) is 5.82 Å². The van der Waals surface area contributed by atoms with E-state index in [1.165, 1.54) is 4.90 Å². The van der Waals surface area contributed by atoms with E-state index in [4.69, 9.17) is 0 Å². The normalized spacial score (nSPS) is 29.0. The predicted octanol–water partition coefficient (Wildman–Crippen LogP) is -0.305. The van der Waals surface area contributed by atoms with Crippen LogP contribution < -0.4 is 10.6 Å². The van der Waals surface area contributed by atoms with Crippen LogP contribution in [-0.4, -0.2) is 44.9 Å². The zero-order valence-electron chi connectivity index (χ0n) is 11.9. The van der Waals surface area contributed by atoms with Gasteiger partial charge in [0.1, 0.15) is 17.5 Å². The molecule has 0 radical (unpaired) electrons. The maximum absolute atomic E-state index is 12.4. The van der Waals surface area contributed by atoms with Crippen LogP contribution in [0.2, 0.25) is 0 Å². The van der Waals surface area contributed by atoms with Gasteiger partial charge in [0.05, 0.1) is 13.0 Å². The van der Waals surface area contributed by atoms with Crippen LogP contribution in [-0.2, 0) is 15.3 Å². The molecule has 0 spiro atoms. The minimum absolute atomic E-state index is 0.000276. The molecule has 8 heteroatoms. The molecule has 2 unspecified atom stereocenters. The highest BCUT2D eigenvalue weighted by Gasteiger charge is 2.49. The van der Waals surface area contributed by atoms with Crippen LogP contribution in [0, 0.1) is 6.92 Å². The van der Waals surface area contributed by atoms with E-state index in [0.29, 0.717) is 13.0 Å². The fraction of sp³-hybridized carbons (Fsp3) is 0.538. The van der Waals surface area contributed by atoms with Gasteiger partial charge in [-0.3, -0.25) is 14.9 Å². The fourth-order valence-electron chi connectivity index (χ4n) is 3.06. The maximum atomic E-state index is 12.4. The number of aryl methyl sites for hydroxylation is 1. The van der Waals surface area contributed by atoms with Crippen molar-refractivity contribution in [2.45, 2.75) is 38.4 Å². The Morgan fingerprint density at radius 1 is 1.43 bits per heavy atom. The molecule has 2 atom stereocenters. The molecule has 1 aromatic heterocycles. The zero-order valence-corrected chi connectivity index (χ0v) is 11.9. The first kappa shape index (κ1) is 13.6. The summed E-state index contributed by atoms with van der Waals surface area (Å²) in [6.45, 7) is 4.08. The van der Waals surface area contributed by atoms with E-state index in [1.807, 2.05) is 18.4 Å². The highest BCUT2D eigenvalue weighted by molar-refractivity contribution is 6.03. The van der Waals surface area contributed by atoms with Crippen molar-refractivity contribution in [1.29, 1.82) is 0 Å². The van der Waals surface area contributed by atoms with Crippen molar-refractivity contribution < 1.29 is 14.4 Å². The van der Waals surface area contributed by atoms with E-state index >= 15 is 0 Å². The van der Waals surface area contributed by atoms with Gasteiger partial charge in [-0.25, -0.2) is 9.78 Å². The Bertz CT molecular complexity index is 625. The van der Waals surface area contributed by atoms with E-state index in [9.17, 15) is 14.4 Å². The minimum Gasteiger partial charge on any atom is -0.330 e. The lowest BCUT2D eigenvalue weighted by molar-refractivity contribution is -0.140. The summed E-state index contributed by atoms with van der Waals surface area (Å²) < 4.78 is 1.87. The van der Waals surface area contributed by atoms with Crippen molar-refractivity contribution >= 4 is 17.8 Å². The largest absolute Gasteiger partial charge is 0.330 e. The highest BCUT2D eigenvalue weighted by atomic mass is 16.2. The van der Waals surface area contributed by atoms with E-state index in [-0.39, 0.29) is 12.3 Å². The first-order valence-electron chi connectivity index (χ1n) is 6.90. The summed E-state index contributed by atoms with van der Waals surface area (Å²) in [6, 6.07) is -1.24. The van der Waals surface area contributed by atoms with E-state index in [2.05, 4.69) is 15.6 Å². The van der Waals surface area contributed by atoms with Crippen LogP contribution in [0.15, 0.2) is 12.4 Å². The summed E-state index contributed by atoms with van der Waals surface area (Å²) in [6.07, 6.45) is 4.04. The molecular weight excluding hydrogens is 274 g/mol. The number of hydrogen-bond acceptors (Lipinski definition) is 4. The average molecular weight is 291 g/mol. The molecule has 3 rings (SSSR count). The molecule has 0 aromatic carbocycles. The third-order valence-corrected chi connectivity index (χ3v) is 4.22. The minimum atomic E-state index is -0.730. The summed E-state index contributed by atoms with van der Waals surface area (Å²) in [5.41, 5.74) is -0.730. The summed E-state index contributed by atoms with van der Waals surface area (Å²) >= 11 is 0. The average Bonchev–Trinajstić information content (AvgIpc) is 2.87. The molecule has 21 heavy (non-hydrogen) atoms. The number of urea groups is 1. The second kappa shape index (κ2) is 4.57. The predicted molar refractivity (Wildman–Crippen MR) is 72.0 cm³/mol. The van der Waals surface area contributed by atoms with Crippen molar-refractivity contribution in [3.05, 3.63) is 18.2 Å². The molecule has 0 aliphatic carbocycles. The van der Waals surface area contributed by atoms with Gasteiger partial charge < -0.3 is 14.8 Å². The van der Waals surface area contributed by atoms with Gasteiger partial charge in [0, 0.05) is 12.4 Å². The maximum Gasteiger partial charge on any atom is 0.324 e. The smallest absolute Gasteiger partial charge is 0.324 e. The van der Waals surface area contributed by atoms with Crippen molar-refractivity contribution in [3.63, 3.8) is 0 Å². The number of amides is 4. The molecule has 2 aliphatic heterocycles. The Hall–Kier alpha value is -2.38. The lowest BCUT2D eigenvalue weighted by Gasteiger charge is -2.48. The molecular formula is C13H17N5O3. The fourth-order valence-corrected chi connectivity index (χ4v) is 3.06. The summed E-state index contributed by atoms with van der Waals surface area (Å²) in [4.78, 5) is 41.5. The Morgan fingerprint density at radius 2 is 2.19 bits per heavy atom. The van der Waals surface area contributed by atoms with Gasteiger partial charge in [-0.05, 0) is 13.3 Å². The number of piperazine rings is 1. The molecule has 2 aliphatic rings. The van der Waals surface area contributed by atoms with Gasteiger partial charge in [0.15, 0.2) is 0 Å². The topological polar surface area (TPSA) is 96.3 Å². The molecule has 0 bridgehead atoms. The van der Waals surface area contributed by atoms with Gasteiger partial charge in [-0.15, -0.1) is 0 Å². The number of carbonyl (C=O) groups is 3. The Balaban J connectivity index is 2.00. The van der Waals surface area contributed by atoms with Crippen molar-refractivity contribution in [3.8, 4) is 0 Å². The molecule has 8 nitrogen and oxygen atoms in total. The lowest BCUT2D eigenvalue weighted by atomic mass is 9.96. The number of imidazole rings is 1.